The Balaban J connectivity index is 2.32. The van der Waals surface area contributed by atoms with Crippen LogP contribution in [0.15, 0.2) is 32.9 Å². The summed E-state index contributed by atoms with van der Waals surface area (Å²) in [6, 6.07) is 4.41. The van der Waals surface area contributed by atoms with E-state index in [0.717, 1.165) is 10.4 Å². The van der Waals surface area contributed by atoms with Gasteiger partial charge in [-0.05, 0) is 36.1 Å². The van der Waals surface area contributed by atoms with Crippen LogP contribution in [0.4, 0.5) is 4.39 Å². The molecule has 21 heavy (non-hydrogen) atoms. The van der Waals surface area contributed by atoms with E-state index < -0.39 is 27.3 Å². The zero-order valence-electron chi connectivity index (χ0n) is 11.1. The topological polar surface area (TPSA) is 66.4 Å². The fraction of sp³-hybridized carbons (Fsp3) is 0.231. The number of thiophene rings is 1. The molecule has 0 amide bonds. The van der Waals surface area contributed by atoms with Crippen LogP contribution in [0.2, 0.25) is 0 Å². The smallest absolute Gasteiger partial charge is 0.243 e. The number of halogens is 2. The van der Waals surface area contributed by atoms with Crippen LogP contribution in [0, 0.1) is 12.7 Å². The van der Waals surface area contributed by atoms with Gasteiger partial charge in [0.2, 0.25) is 10.0 Å². The fourth-order valence-corrected chi connectivity index (χ4v) is 4.49. The average Bonchev–Trinajstić information content (AvgIpc) is 2.84. The number of sulfonamides is 1. The van der Waals surface area contributed by atoms with Crippen LogP contribution in [0.1, 0.15) is 16.0 Å². The molecule has 0 unspecified atom stereocenters. The summed E-state index contributed by atoms with van der Waals surface area (Å²) in [5, 5.41) is 10.9. The molecule has 0 aliphatic carbocycles. The van der Waals surface area contributed by atoms with Gasteiger partial charge in [0.05, 0.1) is 6.61 Å². The van der Waals surface area contributed by atoms with E-state index in [9.17, 15) is 12.8 Å². The van der Waals surface area contributed by atoms with Crippen molar-refractivity contribution < 1.29 is 17.9 Å². The van der Waals surface area contributed by atoms with Crippen molar-refractivity contribution in [1.82, 2.24) is 4.72 Å². The van der Waals surface area contributed by atoms with Gasteiger partial charge in [-0.2, -0.15) is 0 Å². The summed E-state index contributed by atoms with van der Waals surface area (Å²) in [4.78, 5) is 0.395. The summed E-state index contributed by atoms with van der Waals surface area (Å²) in [5.74, 6) is -0.934. The van der Waals surface area contributed by atoms with Crippen molar-refractivity contribution in [2.45, 2.75) is 25.0 Å². The van der Waals surface area contributed by atoms with Gasteiger partial charge >= 0.3 is 0 Å². The van der Waals surface area contributed by atoms with Gasteiger partial charge in [0.25, 0.3) is 0 Å². The Morgan fingerprint density at radius 1 is 1.43 bits per heavy atom. The van der Waals surface area contributed by atoms with Crippen molar-refractivity contribution >= 4 is 37.3 Å². The molecule has 2 N–H and O–H groups in total. The summed E-state index contributed by atoms with van der Waals surface area (Å²) >= 11 is 4.54. The van der Waals surface area contributed by atoms with Gasteiger partial charge in [-0.25, -0.2) is 17.5 Å². The molecule has 0 spiro atoms. The second-order valence-electron chi connectivity index (χ2n) is 4.39. The van der Waals surface area contributed by atoms with Crippen LogP contribution in [0.3, 0.4) is 0 Å². The van der Waals surface area contributed by atoms with Gasteiger partial charge in [-0.15, -0.1) is 11.3 Å². The Labute approximate surface area is 134 Å². The van der Waals surface area contributed by atoms with Crippen molar-refractivity contribution in [1.29, 1.82) is 0 Å². The Hall–Kier alpha value is -0.800. The quantitative estimate of drug-likeness (QED) is 0.820. The SMILES string of the molecule is Cc1ccsc1CNS(=O)(=O)c1cc(Br)cc(CO)c1F. The molecule has 0 radical (unpaired) electrons. The molecular weight excluding hydrogens is 381 g/mol. The molecule has 4 nitrogen and oxygen atoms in total. The average molecular weight is 394 g/mol. The molecule has 8 heteroatoms. The monoisotopic (exact) mass is 393 g/mol. The number of aliphatic hydroxyl groups is 1. The van der Waals surface area contributed by atoms with E-state index in [2.05, 4.69) is 20.7 Å². The number of rotatable bonds is 5. The van der Waals surface area contributed by atoms with Crippen molar-refractivity contribution in [2.24, 2.45) is 0 Å². The Kier molecular flexibility index (Phi) is 5.15. The zero-order valence-corrected chi connectivity index (χ0v) is 14.3. The molecule has 0 bridgehead atoms. The summed E-state index contributed by atoms with van der Waals surface area (Å²) in [6.07, 6.45) is 0. The first kappa shape index (κ1) is 16.6. The summed E-state index contributed by atoms with van der Waals surface area (Å²) in [6.45, 7) is 1.41. The van der Waals surface area contributed by atoms with Crippen LogP contribution in [-0.2, 0) is 23.2 Å². The summed E-state index contributed by atoms with van der Waals surface area (Å²) < 4.78 is 41.3. The van der Waals surface area contributed by atoms with E-state index >= 15 is 0 Å². The molecule has 2 aromatic rings. The minimum absolute atomic E-state index is 0.0722. The number of aliphatic hydroxyl groups excluding tert-OH is 1. The largest absolute Gasteiger partial charge is 0.392 e. The number of hydrogen-bond donors (Lipinski definition) is 2. The van der Waals surface area contributed by atoms with Crippen LogP contribution >= 0.6 is 27.3 Å². The fourth-order valence-electron chi connectivity index (χ4n) is 1.75. The van der Waals surface area contributed by atoms with E-state index in [1.54, 1.807) is 0 Å². The molecule has 0 aliphatic heterocycles. The maximum atomic E-state index is 14.1. The molecule has 1 aromatic carbocycles. The highest BCUT2D eigenvalue weighted by molar-refractivity contribution is 9.10. The number of aryl methyl sites for hydroxylation is 1. The molecule has 0 aliphatic rings. The first-order valence-corrected chi connectivity index (χ1v) is 9.12. The predicted molar refractivity (Wildman–Crippen MR) is 83.1 cm³/mol. The highest BCUT2D eigenvalue weighted by Gasteiger charge is 2.22. The minimum atomic E-state index is -4.00. The third kappa shape index (κ3) is 3.70. The van der Waals surface area contributed by atoms with Crippen molar-refractivity contribution in [3.8, 4) is 0 Å². The number of nitrogens with one attached hydrogen (secondary N) is 1. The Bertz CT molecular complexity index is 759. The second kappa shape index (κ2) is 6.53. The Morgan fingerprint density at radius 2 is 2.14 bits per heavy atom. The first-order chi connectivity index (χ1) is 9.85. The highest BCUT2D eigenvalue weighted by Crippen LogP contribution is 2.25. The van der Waals surface area contributed by atoms with Crippen LogP contribution in [0.25, 0.3) is 0 Å². The summed E-state index contributed by atoms with van der Waals surface area (Å²) in [5.41, 5.74) is 0.908. The molecule has 1 aromatic heterocycles. The van der Waals surface area contributed by atoms with E-state index in [0.29, 0.717) is 4.47 Å². The second-order valence-corrected chi connectivity index (χ2v) is 8.04. The van der Waals surface area contributed by atoms with E-state index in [1.807, 2.05) is 18.4 Å². The maximum Gasteiger partial charge on any atom is 0.243 e. The van der Waals surface area contributed by atoms with Gasteiger partial charge in [-0.1, -0.05) is 15.9 Å². The molecule has 0 fully saturated rings. The van der Waals surface area contributed by atoms with Crippen molar-refractivity contribution in [2.75, 3.05) is 0 Å². The Morgan fingerprint density at radius 3 is 2.71 bits per heavy atom. The molecule has 114 valence electrons. The van der Waals surface area contributed by atoms with E-state index in [-0.39, 0.29) is 12.1 Å². The van der Waals surface area contributed by atoms with Crippen LogP contribution in [-0.4, -0.2) is 13.5 Å². The van der Waals surface area contributed by atoms with E-state index in [1.165, 1.54) is 23.5 Å². The van der Waals surface area contributed by atoms with Crippen LogP contribution in [0.5, 0.6) is 0 Å². The lowest BCUT2D eigenvalue weighted by Crippen LogP contribution is -2.24. The zero-order chi connectivity index (χ0) is 15.6. The molecule has 0 saturated carbocycles. The van der Waals surface area contributed by atoms with Gasteiger partial charge in [-0.3, -0.25) is 0 Å². The lowest BCUT2D eigenvalue weighted by molar-refractivity contribution is 0.274. The van der Waals surface area contributed by atoms with E-state index in [4.69, 9.17) is 5.11 Å². The molecule has 0 saturated heterocycles. The molecule has 0 atom stereocenters. The maximum absolute atomic E-state index is 14.1. The van der Waals surface area contributed by atoms with Crippen LogP contribution < -0.4 is 4.72 Å². The minimum Gasteiger partial charge on any atom is -0.392 e. The van der Waals surface area contributed by atoms with Gasteiger partial charge < -0.3 is 5.11 Å². The summed E-state index contributed by atoms with van der Waals surface area (Å²) in [7, 11) is -4.00. The third-order valence-corrected chi connectivity index (χ3v) is 5.81. The number of hydrogen-bond acceptors (Lipinski definition) is 4. The number of benzene rings is 1. The first-order valence-electron chi connectivity index (χ1n) is 5.96. The normalized spacial score (nSPS) is 11.8. The third-order valence-electron chi connectivity index (χ3n) is 2.93. The van der Waals surface area contributed by atoms with Gasteiger partial charge in [0, 0.05) is 21.5 Å². The standard InChI is InChI=1S/C13H13BrFNO3S2/c1-8-2-3-20-11(8)6-16-21(18,19)12-5-10(14)4-9(7-17)13(12)15/h2-5,16-17H,6-7H2,1H3. The lowest BCUT2D eigenvalue weighted by Gasteiger charge is -2.10. The van der Waals surface area contributed by atoms with Crippen molar-refractivity contribution in [3.63, 3.8) is 0 Å². The molecule has 2 rings (SSSR count). The van der Waals surface area contributed by atoms with Gasteiger partial charge in [0.15, 0.2) is 0 Å². The lowest BCUT2D eigenvalue weighted by atomic mass is 10.2. The molecule has 1 heterocycles. The molecular formula is C13H13BrFNO3S2. The van der Waals surface area contributed by atoms with Crippen molar-refractivity contribution in [3.05, 3.63) is 49.9 Å². The predicted octanol–water partition coefficient (Wildman–Crippen LogP) is 2.93. The highest BCUT2D eigenvalue weighted by atomic mass is 79.9. The van der Waals surface area contributed by atoms with Gasteiger partial charge in [0.1, 0.15) is 10.7 Å².